The van der Waals surface area contributed by atoms with E-state index in [-0.39, 0.29) is 6.04 Å². The molecule has 3 aromatic carbocycles. The molecule has 0 radical (unpaired) electrons. The summed E-state index contributed by atoms with van der Waals surface area (Å²) in [5.74, 6) is 1.20. The molecule has 3 heterocycles. The highest BCUT2D eigenvalue weighted by atomic mass is 35.5. The van der Waals surface area contributed by atoms with Gasteiger partial charge in [0, 0.05) is 62.6 Å². The maximum Gasteiger partial charge on any atom is 0.243 e. The van der Waals surface area contributed by atoms with E-state index in [2.05, 4.69) is 62.9 Å². The molecular formula is C42H53ClN6O3S. The Kier molecular flexibility index (Phi) is 13.4. The molecule has 0 spiro atoms. The Morgan fingerprint density at radius 2 is 1.68 bits per heavy atom. The number of pyridine rings is 1. The minimum atomic E-state index is -3.80. The molecule has 1 saturated heterocycles. The largest absolute Gasteiger partial charge is 0.380 e. The Labute approximate surface area is 320 Å². The number of piperazine rings is 1. The van der Waals surface area contributed by atoms with Gasteiger partial charge in [-0.3, -0.25) is 9.88 Å². The zero-order valence-corrected chi connectivity index (χ0v) is 33.0. The van der Waals surface area contributed by atoms with Crippen molar-refractivity contribution in [3.05, 3.63) is 113 Å². The van der Waals surface area contributed by atoms with Crippen LogP contribution in [0.2, 0.25) is 5.02 Å². The highest BCUT2D eigenvalue weighted by molar-refractivity contribution is 7.89. The third-order valence-electron chi connectivity index (χ3n) is 10.2. The maximum atomic E-state index is 14.5. The fraction of sp³-hybridized carbons (Fsp3) is 0.429. The fourth-order valence-corrected chi connectivity index (χ4v) is 9.21. The lowest BCUT2D eigenvalue weighted by Gasteiger charge is -2.37. The molecule has 1 N–H and O–H groups in total. The van der Waals surface area contributed by atoms with Gasteiger partial charge in [0.2, 0.25) is 10.0 Å². The number of hydrogen-bond donors (Lipinski definition) is 1. The molecule has 1 fully saturated rings. The molecule has 5 aromatic rings. The van der Waals surface area contributed by atoms with Gasteiger partial charge in [-0.1, -0.05) is 74.0 Å². The zero-order chi connectivity index (χ0) is 37.4. The number of sulfonamides is 1. The van der Waals surface area contributed by atoms with Gasteiger partial charge < -0.3 is 14.6 Å². The predicted octanol–water partition coefficient (Wildman–Crippen LogP) is 7.46. The molecule has 1 aliphatic heterocycles. The third-order valence-corrected chi connectivity index (χ3v) is 12.4. The van der Waals surface area contributed by atoms with Crippen LogP contribution in [0, 0.1) is 12.8 Å². The Morgan fingerprint density at radius 3 is 2.38 bits per heavy atom. The summed E-state index contributed by atoms with van der Waals surface area (Å²) in [5, 5.41) is 4.32. The van der Waals surface area contributed by atoms with Crippen molar-refractivity contribution in [1.29, 1.82) is 0 Å². The Morgan fingerprint density at radius 1 is 0.981 bits per heavy atom. The van der Waals surface area contributed by atoms with Gasteiger partial charge in [0.25, 0.3) is 0 Å². The van der Waals surface area contributed by atoms with E-state index in [4.69, 9.17) is 16.3 Å². The number of rotatable bonds is 17. The summed E-state index contributed by atoms with van der Waals surface area (Å²) < 4.78 is 38.8. The number of nitrogens with one attached hydrogen (secondary N) is 1. The smallest absolute Gasteiger partial charge is 0.243 e. The van der Waals surface area contributed by atoms with Crippen molar-refractivity contribution in [3.63, 3.8) is 0 Å². The first-order valence-corrected chi connectivity index (χ1v) is 20.7. The molecule has 9 nitrogen and oxygen atoms in total. The van der Waals surface area contributed by atoms with E-state index in [0.717, 1.165) is 78.4 Å². The van der Waals surface area contributed by atoms with Gasteiger partial charge in [0.05, 0.1) is 23.2 Å². The van der Waals surface area contributed by atoms with Crippen molar-refractivity contribution in [1.82, 2.24) is 29.1 Å². The summed E-state index contributed by atoms with van der Waals surface area (Å²) in [6.45, 7) is 13.7. The van der Waals surface area contributed by atoms with Crippen molar-refractivity contribution in [2.75, 3.05) is 45.9 Å². The van der Waals surface area contributed by atoms with Crippen molar-refractivity contribution in [2.24, 2.45) is 5.92 Å². The number of imidazole rings is 1. The van der Waals surface area contributed by atoms with Crippen molar-refractivity contribution in [3.8, 4) is 11.1 Å². The normalized spacial score (nSPS) is 16.2. The monoisotopic (exact) mass is 756 g/mol. The van der Waals surface area contributed by atoms with Gasteiger partial charge in [-0.05, 0) is 98.2 Å². The average molecular weight is 757 g/mol. The molecule has 2 aromatic heterocycles. The van der Waals surface area contributed by atoms with E-state index in [1.165, 1.54) is 11.1 Å². The summed E-state index contributed by atoms with van der Waals surface area (Å²) in [6.07, 6.45) is 5.91. The van der Waals surface area contributed by atoms with Crippen LogP contribution in [-0.4, -0.2) is 90.2 Å². The van der Waals surface area contributed by atoms with Crippen LogP contribution >= 0.6 is 11.6 Å². The molecule has 0 saturated carbocycles. The van der Waals surface area contributed by atoms with Gasteiger partial charge in [0.15, 0.2) is 0 Å². The van der Waals surface area contributed by atoms with E-state index in [1.54, 1.807) is 28.8 Å². The number of ether oxygens (including phenoxy) is 1. The first-order valence-electron chi connectivity index (χ1n) is 18.9. The van der Waals surface area contributed by atoms with Crippen LogP contribution in [0.5, 0.6) is 0 Å². The summed E-state index contributed by atoms with van der Waals surface area (Å²) in [5.41, 5.74) is 6.47. The fourth-order valence-electron chi connectivity index (χ4n) is 7.43. The molecular weight excluding hydrogens is 704 g/mol. The van der Waals surface area contributed by atoms with Gasteiger partial charge in [0.1, 0.15) is 11.3 Å². The number of halogens is 1. The summed E-state index contributed by atoms with van der Waals surface area (Å²) in [6, 6.07) is 26.1. The number of fused-ring (bicyclic) bond motifs is 1. The van der Waals surface area contributed by atoms with E-state index in [0.29, 0.717) is 43.2 Å². The maximum absolute atomic E-state index is 14.5. The second-order valence-corrected chi connectivity index (χ2v) is 16.8. The Bertz CT molecular complexity index is 2020. The van der Waals surface area contributed by atoms with Crippen LogP contribution in [0.1, 0.15) is 50.6 Å². The van der Waals surface area contributed by atoms with E-state index < -0.39 is 10.0 Å². The average Bonchev–Trinajstić information content (AvgIpc) is 3.47. The lowest BCUT2D eigenvalue weighted by atomic mass is 9.99. The molecule has 2 atom stereocenters. The molecule has 53 heavy (non-hydrogen) atoms. The topological polar surface area (TPSA) is 92.6 Å². The Hall–Kier alpha value is -3.64. The number of benzene rings is 3. The number of aryl methyl sites for hydroxylation is 1. The highest BCUT2D eigenvalue weighted by Gasteiger charge is 2.33. The molecule has 0 aliphatic carbocycles. The number of hydrogen-bond acceptors (Lipinski definition) is 7. The second-order valence-electron chi connectivity index (χ2n) is 14.5. The van der Waals surface area contributed by atoms with Gasteiger partial charge in [-0.2, -0.15) is 4.31 Å². The van der Waals surface area contributed by atoms with Crippen LogP contribution in [0.25, 0.3) is 22.2 Å². The zero-order valence-electron chi connectivity index (χ0n) is 31.4. The minimum absolute atomic E-state index is 0.258. The Balaban J connectivity index is 1.15. The van der Waals surface area contributed by atoms with Crippen LogP contribution in [0.4, 0.5) is 0 Å². The van der Waals surface area contributed by atoms with Crippen molar-refractivity contribution in [2.45, 2.75) is 70.5 Å². The van der Waals surface area contributed by atoms with Crippen LogP contribution < -0.4 is 5.32 Å². The van der Waals surface area contributed by atoms with E-state index in [1.807, 2.05) is 56.3 Å². The van der Waals surface area contributed by atoms with Gasteiger partial charge in [-0.25, -0.2) is 13.4 Å². The van der Waals surface area contributed by atoms with Crippen molar-refractivity contribution >= 4 is 32.7 Å². The lowest BCUT2D eigenvalue weighted by molar-refractivity contribution is 0.0853. The van der Waals surface area contributed by atoms with Crippen molar-refractivity contribution < 1.29 is 13.2 Å². The van der Waals surface area contributed by atoms with Gasteiger partial charge in [-0.15, -0.1) is 0 Å². The third kappa shape index (κ3) is 9.92. The predicted molar refractivity (Wildman–Crippen MR) is 215 cm³/mol. The summed E-state index contributed by atoms with van der Waals surface area (Å²) >= 11 is 6.10. The van der Waals surface area contributed by atoms with Crippen LogP contribution in [0.3, 0.4) is 0 Å². The minimum Gasteiger partial charge on any atom is -0.380 e. The summed E-state index contributed by atoms with van der Waals surface area (Å²) in [7, 11) is -3.80. The molecule has 1 aliphatic rings. The molecule has 0 unspecified atom stereocenters. The van der Waals surface area contributed by atoms with Crippen LogP contribution in [-0.2, 0) is 27.7 Å². The van der Waals surface area contributed by atoms with E-state index in [9.17, 15) is 8.42 Å². The molecule has 0 amide bonds. The number of aromatic nitrogens is 3. The first kappa shape index (κ1) is 39.1. The SMILES string of the molecule is CCOC[C@H](CC(C)C)N(CCCN1CCNC[C@H]1Cc1ccc(-c2ccc(Cl)cc2)cc1)S(=O)(=O)c1ccc(Cn2c(C)nc3cnccc32)cc1. The van der Waals surface area contributed by atoms with Crippen LogP contribution in [0.15, 0.2) is 96.2 Å². The standard InChI is InChI=1S/C42H53ClN6O3S/c1-5-52-30-39(25-31(2)3)49(53(50,51)40-17-9-34(10-18-40)29-48-32(4)46-41-28-44-20-19-42(41)48)23-6-22-47-24-21-45-27-38(47)26-33-7-11-35(12-8-33)36-13-15-37(43)16-14-36/h7-20,28,31,38-39,45H,5-6,21-27,29-30H2,1-4H3/t38-,39+/m1/s1. The molecule has 0 bridgehead atoms. The molecule has 11 heteroatoms. The molecule has 6 rings (SSSR count). The second kappa shape index (κ2) is 18.1. The number of nitrogens with zero attached hydrogens (tertiary/aromatic N) is 5. The van der Waals surface area contributed by atoms with E-state index >= 15 is 0 Å². The first-order chi connectivity index (χ1) is 25.6. The highest BCUT2D eigenvalue weighted by Crippen LogP contribution is 2.26. The summed E-state index contributed by atoms with van der Waals surface area (Å²) in [4.78, 5) is 11.7. The molecule has 282 valence electrons. The lowest BCUT2D eigenvalue weighted by Crippen LogP contribution is -2.53. The van der Waals surface area contributed by atoms with Gasteiger partial charge >= 0.3 is 0 Å². The quantitative estimate of drug-likeness (QED) is 0.105.